The Labute approximate surface area is 282 Å². The van der Waals surface area contributed by atoms with Crippen LogP contribution in [0, 0.1) is 22.6 Å². The van der Waals surface area contributed by atoms with Gasteiger partial charge in [0.2, 0.25) is 5.82 Å². The van der Waals surface area contributed by atoms with Crippen LogP contribution in [0.25, 0.3) is 11.4 Å². The topological polar surface area (TPSA) is 126 Å². The Hall–Kier alpha value is -4.53. The van der Waals surface area contributed by atoms with Crippen molar-refractivity contribution >= 4 is 17.6 Å². The van der Waals surface area contributed by atoms with Crippen molar-refractivity contribution in [3.63, 3.8) is 0 Å². The first kappa shape index (κ1) is 30.8. The maximum absolute atomic E-state index is 14.9. The number of para-hydroxylation sites is 1. The molecular formula is C36H34ClFN6O4. The molecule has 246 valence electrons. The molecule has 2 saturated carbocycles. The van der Waals surface area contributed by atoms with Gasteiger partial charge in [-0.05, 0) is 99.8 Å². The molecule has 2 aliphatic heterocycles. The van der Waals surface area contributed by atoms with Crippen molar-refractivity contribution in [1.29, 1.82) is 5.26 Å². The van der Waals surface area contributed by atoms with Crippen LogP contribution in [-0.4, -0.2) is 50.2 Å². The molecule has 0 bridgehead atoms. The van der Waals surface area contributed by atoms with Crippen LogP contribution in [-0.2, 0) is 23.5 Å². The number of likely N-dealkylation sites (tertiary alicyclic amines) is 1. The summed E-state index contributed by atoms with van der Waals surface area (Å²) in [6.45, 7) is 4.07. The number of hydrogen-bond donors (Lipinski definition) is 1. The molecule has 4 aliphatic rings. The number of nitrogens with one attached hydrogen (secondary N) is 1. The van der Waals surface area contributed by atoms with Gasteiger partial charge in [-0.2, -0.15) is 10.4 Å². The lowest BCUT2D eigenvalue weighted by Crippen LogP contribution is -2.34. The van der Waals surface area contributed by atoms with E-state index in [0.717, 1.165) is 68.4 Å². The molecule has 1 atom stereocenters. The van der Waals surface area contributed by atoms with E-state index >= 15 is 0 Å². The molecular weight excluding hydrogens is 635 g/mol. The van der Waals surface area contributed by atoms with Crippen molar-refractivity contribution in [2.75, 3.05) is 13.1 Å². The van der Waals surface area contributed by atoms with Gasteiger partial charge < -0.3 is 14.2 Å². The van der Waals surface area contributed by atoms with Crippen molar-refractivity contribution in [1.82, 2.24) is 25.1 Å². The van der Waals surface area contributed by atoms with Gasteiger partial charge in [-0.15, -0.1) is 0 Å². The Balaban J connectivity index is 0.967. The number of carbonyl (C=O) groups excluding carboxylic acids is 1. The minimum atomic E-state index is -1.29. The van der Waals surface area contributed by atoms with Crippen molar-refractivity contribution in [3.05, 3.63) is 87.7 Å². The molecule has 0 spiro atoms. The molecule has 1 saturated heterocycles. The summed E-state index contributed by atoms with van der Waals surface area (Å²) in [4.78, 5) is 24.0. The zero-order valence-electron chi connectivity index (χ0n) is 26.5. The molecule has 2 aromatic heterocycles. The second-order valence-electron chi connectivity index (χ2n) is 13.5. The number of hydrogen-bond acceptors (Lipinski definition) is 9. The highest BCUT2D eigenvalue weighted by molar-refractivity contribution is 6.30. The lowest BCUT2D eigenvalue weighted by atomic mass is 9.88. The second-order valence-corrected chi connectivity index (χ2v) is 13.9. The van der Waals surface area contributed by atoms with Crippen molar-refractivity contribution in [2.24, 2.45) is 5.41 Å². The number of nitrogens with zero attached hydrogens (tertiary/aromatic N) is 5. The Kier molecular flexibility index (Phi) is 7.61. The number of esters is 1. The Morgan fingerprint density at radius 3 is 2.71 bits per heavy atom. The number of carbonyl (C=O) groups is 1. The van der Waals surface area contributed by atoms with Crippen molar-refractivity contribution < 1.29 is 23.4 Å². The second kappa shape index (κ2) is 11.9. The number of nitriles is 1. The molecule has 0 unspecified atom stereocenters. The molecule has 4 heterocycles. The van der Waals surface area contributed by atoms with E-state index in [4.69, 9.17) is 30.8 Å². The Morgan fingerprint density at radius 1 is 1.17 bits per heavy atom. The quantitative estimate of drug-likeness (QED) is 0.191. The van der Waals surface area contributed by atoms with E-state index in [1.165, 1.54) is 6.07 Å². The molecule has 8 rings (SSSR count). The third kappa shape index (κ3) is 5.99. The predicted molar refractivity (Wildman–Crippen MR) is 173 cm³/mol. The van der Waals surface area contributed by atoms with Crippen molar-refractivity contribution in [2.45, 2.75) is 76.2 Å². The predicted octanol–water partition coefficient (Wildman–Crippen LogP) is 6.85. The SMILES string of the molecule is C[C@@]1(c2ccc(Cl)cc2F)Oc2cccc(C3CCN(Cc4ncc(-c5n[nH]c(C(=O)OC6CC6)n5)cc4CC4(C#N)CC4)CC3)c2O1. The minimum absolute atomic E-state index is 0.0258. The van der Waals surface area contributed by atoms with Gasteiger partial charge in [-0.1, -0.05) is 23.7 Å². The summed E-state index contributed by atoms with van der Waals surface area (Å²) in [6.07, 6.45) is 7.62. The molecule has 48 heavy (non-hydrogen) atoms. The molecule has 1 N–H and O–H groups in total. The lowest BCUT2D eigenvalue weighted by molar-refractivity contribution is -0.0712. The van der Waals surface area contributed by atoms with E-state index in [1.807, 2.05) is 18.2 Å². The minimum Gasteiger partial charge on any atom is -0.456 e. The summed E-state index contributed by atoms with van der Waals surface area (Å²) in [6, 6.07) is 14.9. The highest BCUT2D eigenvalue weighted by atomic mass is 35.5. The number of benzene rings is 2. The fourth-order valence-corrected chi connectivity index (χ4v) is 6.88. The van der Waals surface area contributed by atoms with Crippen LogP contribution in [0.1, 0.15) is 84.4 Å². The first-order valence-electron chi connectivity index (χ1n) is 16.4. The summed E-state index contributed by atoms with van der Waals surface area (Å²) in [5.74, 6) is -0.324. The number of halogens is 2. The number of fused-ring (bicyclic) bond motifs is 1. The van der Waals surface area contributed by atoms with E-state index in [2.05, 4.69) is 32.2 Å². The number of pyridine rings is 1. The molecule has 10 nitrogen and oxygen atoms in total. The number of aromatic nitrogens is 4. The van der Waals surface area contributed by atoms with Crippen LogP contribution in [0.5, 0.6) is 11.5 Å². The van der Waals surface area contributed by atoms with Crippen LogP contribution < -0.4 is 9.47 Å². The fraction of sp³-hybridized carbons (Fsp3) is 0.417. The number of rotatable bonds is 9. The molecule has 0 radical (unpaired) electrons. The van der Waals surface area contributed by atoms with Gasteiger partial charge in [-0.3, -0.25) is 15.0 Å². The number of ether oxygens (including phenoxy) is 3. The van der Waals surface area contributed by atoms with Crippen LogP contribution in [0.4, 0.5) is 4.39 Å². The number of H-pyrrole nitrogens is 1. The van der Waals surface area contributed by atoms with E-state index in [9.17, 15) is 14.4 Å². The van der Waals surface area contributed by atoms with Gasteiger partial charge in [0.1, 0.15) is 11.9 Å². The van der Waals surface area contributed by atoms with E-state index < -0.39 is 17.6 Å². The van der Waals surface area contributed by atoms with Crippen LogP contribution in [0.15, 0.2) is 48.7 Å². The average Bonchev–Trinajstić information content (AvgIpc) is 3.97. The summed E-state index contributed by atoms with van der Waals surface area (Å²) >= 11 is 5.99. The van der Waals surface area contributed by atoms with Crippen LogP contribution >= 0.6 is 11.6 Å². The van der Waals surface area contributed by atoms with Crippen molar-refractivity contribution in [3.8, 4) is 29.0 Å². The number of piperidine rings is 1. The van der Waals surface area contributed by atoms with Gasteiger partial charge >= 0.3 is 5.97 Å². The lowest BCUT2D eigenvalue weighted by Gasteiger charge is -2.33. The summed E-state index contributed by atoms with van der Waals surface area (Å²) in [5, 5.41) is 17.1. The average molecular weight is 669 g/mol. The number of aromatic amines is 1. The third-order valence-electron chi connectivity index (χ3n) is 9.85. The zero-order chi connectivity index (χ0) is 33.0. The normalized spacial score (nSPS) is 21.5. The zero-order valence-corrected chi connectivity index (χ0v) is 27.2. The monoisotopic (exact) mass is 668 g/mol. The summed E-state index contributed by atoms with van der Waals surface area (Å²) in [7, 11) is 0. The molecule has 4 aromatic rings. The molecule has 3 fully saturated rings. The Bertz CT molecular complexity index is 1940. The first-order valence-corrected chi connectivity index (χ1v) is 16.8. The molecule has 2 aliphatic carbocycles. The van der Waals surface area contributed by atoms with Gasteiger partial charge in [0.15, 0.2) is 17.3 Å². The fourth-order valence-electron chi connectivity index (χ4n) is 6.73. The van der Waals surface area contributed by atoms with Gasteiger partial charge in [-0.25, -0.2) is 14.2 Å². The van der Waals surface area contributed by atoms with Crippen LogP contribution in [0.3, 0.4) is 0 Å². The van der Waals surface area contributed by atoms with Crippen LogP contribution in [0.2, 0.25) is 5.02 Å². The van der Waals surface area contributed by atoms with E-state index in [0.29, 0.717) is 46.4 Å². The van der Waals surface area contributed by atoms with E-state index in [-0.39, 0.29) is 23.3 Å². The maximum Gasteiger partial charge on any atom is 0.376 e. The highest BCUT2D eigenvalue weighted by Gasteiger charge is 2.44. The summed E-state index contributed by atoms with van der Waals surface area (Å²) in [5.41, 5.74) is 3.61. The summed E-state index contributed by atoms with van der Waals surface area (Å²) < 4.78 is 32.8. The molecule has 0 amide bonds. The Morgan fingerprint density at radius 2 is 1.98 bits per heavy atom. The largest absolute Gasteiger partial charge is 0.456 e. The smallest absolute Gasteiger partial charge is 0.376 e. The third-order valence-corrected chi connectivity index (χ3v) is 10.1. The van der Waals surface area contributed by atoms with Gasteiger partial charge in [0, 0.05) is 35.8 Å². The molecule has 12 heteroatoms. The van der Waals surface area contributed by atoms with E-state index in [1.54, 1.807) is 25.3 Å². The van der Waals surface area contributed by atoms with Gasteiger partial charge in [0.25, 0.3) is 5.79 Å². The molecule has 2 aromatic carbocycles. The maximum atomic E-state index is 14.9. The first-order chi connectivity index (χ1) is 23.2. The highest BCUT2D eigenvalue weighted by Crippen LogP contribution is 2.50. The van der Waals surface area contributed by atoms with Gasteiger partial charge in [0.05, 0.1) is 22.7 Å². The standard InChI is InChI=1S/C36H34ClFN6O4/c1-35(27-8-5-24(37)16-28(27)38)47-30-4-2-3-26(31(30)48-35)21-9-13-44(14-10-21)19-29-22(17-36(20-39)11-12-36)15-23(18-40-29)32-41-33(43-42-32)34(45)46-25-6-7-25/h2-5,8,15-16,18,21,25H,6-7,9-14,17,19H2,1H3,(H,41,42,43)/t35-/m1/s1.